The Kier molecular flexibility index (Phi) is 10.6. The Labute approximate surface area is 380 Å². The summed E-state index contributed by atoms with van der Waals surface area (Å²) in [7, 11) is 0. The van der Waals surface area contributed by atoms with Crippen molar-refractivity contribution in [2.45, 2.75) is 47.5 Å². The van der Waals surface area contributed by atoms with Gasteiger partial charge in [-0.15, -0.1) is 0 Å². The average Bonchev–Trinajstić information content (AvgIpc) is 3.80. The van der Waals surface area contributed by atoms with Gasteiger partial charge in [0.15, 0.2) is 0 Å². The normalized spacial score (nSPS) is 15.8. The monoisotopic (exact) mass is 850 g/mol. The highest BCUT2D eigenvalue weighted by molar-refractivity contribution is 6.11. The second kappa shape index (κ2) is 16.6. The maximum atomic E-state index is 11.2. The van der Waals surface area contributed by atoms with Crippen molar-refractivity contribution in [3.05, 3.63) is 191 Å². The van der Waals surface area contributed by atoms with Crippen LogP contribution in [-0.2, 0) is 0 Å². The van der Waals surface area contributed by atoms with Crippen LogP contribution in [0.5, 0.6) is 11.5 Å². The molecule has 9 aromatic rings. The summed E-state index contributed by atoms with van der Waals surface area (Å²) in [6, 6.07) is 50.7. The first-order valence-corrected chi connectivity index (χ1v) is 22.6. The SMILES string of the molecule is CC1=CC(n2c3ccccc3c3ccccc32)=CC(C)C1c1ccc(C=NCC(C)(C)CN=Cc2ccc(-c3c(C)cc(-n4c5ccccc5c5ccccc54)cc3C)cc2O)c(O)c1. The van der Waals surface area contributed by atoms with E-state index >= 15 is 0 Å². The van der Waals surface area contributed by atoms with Crippen molar-refractivity contribution in [2.24, 2.45) is 21.3 Å². The van der Waals surface area contributed by atoms with E-state index in [1.807, 2.05) is 24.3 Å². The lowest BCUT2D eigenvalue weighted by atomic mass is 9.78. The van der Waals surface area contributed by atoms with Crippen molar-refractivity contribution < 1.29 is 10.2 Å². The van der Waals surface area contributed by atoms with Crippen LogP contribution < -0.4 is 0 Å². The zero-order valence-corrected chi connectivity index (χ0v) is 37.9. The first-order valence-electron chi connectivity index (χ1n) is 22.6. The molecule has 2 aromatic heterocycles. The van der Waals surface area contributed by atoms with Crippen LogP contribution in [0.3, 0.4) is 0 Å². The highest BCUT2D eigenvalue weighted by Crippen LogP contribution is 2.42. The van der Waals surface area contributed by atoms with E-state index in [0.29, 0.717) is 24.2 Å². The number of phenols is 2. The summed E-state index contributed by atoms with van der Waals surface area (Å²) in [6.07, 6.45) is 8.18. The summed E-state index contributed by atoms with van der Waals surface area (Å²) in [6.45, 7) is 14.0. The maximum absolute atomic E-state index is 11.2. The molecule has 0 saturated carbocycles. The van der Waals surface area contributed by atoms with Crippen molar-refractivity contribution in [1.82, 2.24) is 9.13 Å². The van der Waals surface area contributed by atoms with Crippen LogP contribution in [0.1, 0.15) is 61.4 Å². The fraction of sp³-hybridized carbons (Fsp3) is 0.186. The van der Waals surface area contributed by atoms with Crippen molar-refractivity contribution in [2.75, 3.05) is 13.1 Å². The van der Waals surface area contributed by atoms with Crippen LogP contribution in [0, 0.1) is 25.2 Å². The van der Waals surface area contributed by atoms with Gasteiger partial charge in [0.05, 0.1) is 22.1 Å². The Bertz CT molecular complexity index is 3320. The van der Waals surface area contributed by atoms with Gasteiger partial charge in [-0.25, -0.2) is 0 Å². The van der Waals surface area contributed by atoms with Gasteiger partial charge in [-0.05, 0) is 121 Å². The van der Waals surface area contributed by atoms with E-state index in [9.17, 15) is 10.2 Å². The molecule has 7 aromatic carbocycles. The predicted octanol–water partition coefficient (Wildman–Crippen LogP) is 14.4. The smallest absolute Gasteiger partial charge is 0.124 e. The number of fused-ring (bicyclic) bond motifs is 6. The number of aliphatic imine (C=N–C) groups is 2. The number of aryl methyl sites for hydroxylation is 2. The van der Waals surface area contributed by atoms with Crippen LogP contribution in [-0.4, -0.2) is 44.9 Å². The first-order chi connectivity index (χ1) is 31.5. The Hall–Kier alpha value is -7.44. The summed E-state index contributed by atoms with van der Waals surface area (Å²) in [5.74, 6) is 0.788. The number of phenolic OH excluding ortho intramolecular Hbond substituents is 2. The predicted molar refractivity (Wildman–Crippen MR) is 274 cm³/mol. The number of aromatic nitrogens is 2. The lowest BCUT2D eigenvalue weighted by molar-refractivity contribution is 0.396. The number of benzene rings is 7. The minimum Gasteiger partial charge on any atom is -0.507 e. The highest BCUT2D eigenvalue weighted by Gasteiger charge is 2.26. The number of allylic oxidation sites excluding steroid dienone is 4. The van der Waals surface area contributed by atoms with Crippen LogP contribution >= 0.6 is 0 Å². The molecule has 2 atom stereocenters. The molecule has 65 heavy (non-hydrogen) atoms. The maximum Gasteiger partial charge on any atom is 0.124 e. The Morgan fingerprint density at radius 2 is 1.03 bits per heavy atom. The molecule has 0 amide bonds. The minimum atomic E-state index is -0.246. The number of nitrogens with zero attached hydrogens (tertiary/aromatic N) is 4. The third kappa shape index (κ3) is 7.63. The molecule has 0 saturated heterocycles. The Balaban J connectivity index is 0.794. The van der Waals surface area contributed by atoms with E-state index in [-0.39, 0.29) is 28.7 Å². The number of aromatic hydroxyl groups is 2. The van der Waals surface area contributed by atoms with Gasteiger partial charge in [-0.3, -0.25) is 9.98 Å². The molecule has 0 bridgehead atoms. The van der Waals surface area contributed by atoms with Gasteiger partial charge in [0.2, 0.25) is 0 Å². The van der Waals surface area contributed by atoms with E-state index in [1.54, 1.807) is 12.4 Å². The summed E-state index contributed by atoms with van der Waals surface area (Å²) in [4.78, 5) is 9.51. The molecule has 6 heteroatoms. The van der Waals surface area contributed by atoms with E-state index in [1.165, 1.54) is 54.9 Å². The van der Waals surface area contributed by atoms with Crippen molar-refractivity contribution in [1.29, 1.82) is 0 Å². The van der Waals surface area contributed by atoms with Gasteiger partial charge in [-0.2, -0.15) is 0 Å². The van der Waals surface area contributed by atoms with Gasteiger partial charge in [0, 0.05) is 80.9 Å². The molecule has 0 radical (unpaired) electrons. The molecule has 0 aliphatic heterocycles. The van der Waals surface area contributed by atoms with Crippen molar-refractivity contribution in [3.63, 3.8) is 0 Å². The second-order valence-corrected chi connectivity index (χ2v) is 18.7. The minimum absolute atomic E-state index is 0.147. The summed E-state index contributed by atoms with van der Waals surface area (Å²) in [5, 5.41) is 27.4. The van der Waals surface area contributed by atoms with Gasteiger partial charge >= 0.3 is 0 Å². The fourth-order valence-electron chi connectivity index (χ4n) is 10.3. The molecular weight excluding hydrogens is 797 g/mol. The average molecular weight is 851 g/mol. The van der Waals surface area contributed by atoms with Crippen molar-refractivity contribution in [3.8, 4) is 28.3 Å². The van der Waals surface area contributed by atoms with Gasteiger partial charge < -0.3 is 19.3 Å². The topological polar surface area (TPSA) is 75.0 Å². The molecule has 0 fully saturated rings. The third-order valence-electron chi connectivity index (χ3n) is 13.3. The van der Waals surface area contributed by atoms with E-state index in [0.717, 1.165) is 33.5 Å². The lowest BCUT2D eigenvalue weighted by Gasteiger charge is -2.29. The zero-order chi connectivity index (χ0) is 45.0. The molecule has 10 rings (SSSR count). The summed E-state index contributed by atoms with van der Waals surface area (Å²) < 4.78 is 4.72. The van der Waals surface area contributed by atoms with Crippen LogP contribution in [0.2, 0.25) is 0 Å². The van der Waals surface area contributed by atoms with Gasteiger partial charge in [0.1, 0.15) is 11.5 Å². The number of hydrogen-bond donors (Lipinski definition) is 2. The van der Waals surface area contributed by atoms with E-state index in [2.05, 4.69) is 184 Å². The summed E-state index contributed by atoms with van der Waals surface area (Å²) in [5.41, 5.74) is 14.9. The fourth-order valence-corrected chi connectivity index (χ4v) is 10.3. The number of para-hydroxylation sites is 4. The van der Waals surface area contributed by atoms with Crippen LogP contribution in [0.25, 0.3) is 66.1 Å². The van der Waals surface area contributed by atoms with E-state index < -0.39 is 0 Å². The number of rotatable bonds is 10. The van der Waals surface area contributed by atoms with Crippen LogP contribution in [0.15, 0.2) is 173 Å². The van der Waals surface area contributed by atoms with Crippen LogP contribution in [0.4, 0.5) is 0 Å². The Morgan fingerprint density at radius 3 is 1.51 bits per heavy atom. The first kappa shape index (κ1) is 41.6. The highest BCUT2D eigenvalue weighted by atomic mass is 16.3. The number of hydrogen-bond acceptors (Lipinski definition) is 4. The van der Waals surface area contributed by atoms with E-state index in [4.69, 9.17) is 9.98 Å². The molecular formula is C59H54N4O2. The lowest BCUT2D eigenvalue weighted by Crippen LogP contribution is -2.19. The summed E-state index contributed by atoms with van der Waals surface area (Å²) >= 11 is 0. The third-order valence-corrected chi connectivity index (χ3v) is 13.3. The molecule has 1 aliphatic carbocycles. The van der Waals surface area contributed by atoms with Gasteiger partial charge in [0.25, 0.3) is 0 Å². The van der Waals surface area contributed by atoms with Crippen molar-refractivity contribution >= 4 is 61.7 Å². The molecule has 2 N–H and O–H groups in total. The zero-order valence-electron chi connectivity index (χ0n) is 37.9. The largest absolute Gasteiger partial charge is 0.507 e. The molecule has 0 spiro atoms. The standard InChI is InChI=1S/C59H54N4O2/c1-37-27-45(62-51-19-11-7-15-47(51)48-16-8-12-20-52(48)62)28-38(2)57(37)41-23-25-43(55(64)31-41)33-60-35-59(5,6)36-61-34-44-26-24-42(32-56(44)65)58-39(3)29-46(30-40(58)4)63-53-21-13-9-17-49(53)50-18-10-14-22-54(50)63/h7-34,37,57,64-65H,35-36H2,1-6H3. The Morgan fingerprint density at radius 1 is 0.569 bits per heavy atom. The molecule has 2 unspecified atom stereocenters. The van der Waals surface area contributed by atoms with Gasteiger partial charge in [-0.1, -0.05) is 117 Å². The molecule has 322 valence electrons. The molecule has 1 aliphatic rings. The molecule has 6 nitrogen and oxygen atoms in total. The second-order valence-electron chi connectivity index (χ2n) is 18.7. The quantitative estimate of drug-likeness (QED) is 0.135. The molecule has 2 heterocycles.